The summed E-state index contributed by atoms with van der Waals surface area (Å²) < 4.78 is 6.50. The van der Waals surface area contributed by atoms with Crippen molar-refractivity contribution in [1.29, 1.82) is 0 Å². The zero-order valence-corrected chi connectivity index (χ0v) is 13.6. The van der Waals surface area contributed by atoms with Gasteiger partial charge in [0.25, 0.3) is 5.89 Å². The Balaban J connectivity index is 1.60. The van der Waals surface area contributed by atoms with Crippen LogP contribution in [0.3, 0.4) is 0 Å². The zero-order valence-electron chi connectivity index (χ0n) is 11.1. The number of aromatic nitrogens is 3. The van der Waals surface area contributed by atoms with Crippen LogP contribution < -0.4 is 5.76 Å². The maximum atomic E-state index is 11.9. The molecule has 22 heavy (non-hydrogen) atoms. The third-order valence-electron chi connectivity index (χ3n) is 2.97. The first kappa shape index (κ1) is 13.6. The summed E-state index contributed by atoms with van der Waals surface area (Å²) in [6.45, 7) is 0.314. The molecule has 0 radical (unpaired) electrons. The molecular weight excluding hydrogens is 338 g/mol. The van der Waals surface area contributed by atoms with Gasteiger partial charge in [-0.2, -0.15) is 16.0 Å². The van der Waals surface area contributed by atoms with Gasteiger partial charge in [0.05, 0.1) is 17.1 Å². The second kappa shape index (κ2) is 5.64. The van der Waals surface area contributed by atoms with E-state index in [4.69, 9.17) is 4.42 Å². The summed E-state index contributed by atoms with van der Waals surface area (Å²) in [7, 11) is 0. The van der Waals surface area contributed by atoms with Crippen LogP contribution in [-0.4, -0.2) is 14.8 Å². The van der Waals surface area contributed by atoms with Crippen LogP contribution in [0.4, 0.5) is 0 Å². The third-order valence-corrected chi connectivity index (χ3v) is 5.45. The highest BCUT2D eigenvalue weighted by molar-refractivity contribution is 7.14. The van der Waals surface area contributed by atoms with E-state index < -0.39 is 5.76 Å². The molecule has 0 bridgehead atoms. The second-order valence-electron chi connectivity index (χ2n) is 4.46. The maximum absolute atomic E-state index is 11.9. The van der Waals surface area contributed by atoms with Crippen LogP contribution in [-0.2, 0) is 6.54 Å². The Morgan fingerprint density at radius 3 is 2.91 bits per heavy atom. The molecule has 0 atom stereocenters. The SMILES string of the molecule is O=c1oc(-c2cccs2)nn1Cc1csc(-c2ccsc2)n1. The molecule has 0 aliphatic carbocycles. The highest BCUT2D eigenvalue weighted by Crippen LogP contribution is 2.26. The van der Waals surface area contributed by atoms with Gasteiger partial charge in [-0.15, -0.1) is 27.8 Å². The van der Waals surface area contributed by atoms with Crippen molar-refractivity contribution in [2.45, 2.75) is 6.54 Å². The predicted molar refractivity (Wildman–Crippen MR) is 88.6 cm³/mol. The van der Waals surface area contributed by atoms with Gasteiger partial charge in [-0.3, -0.25) is 0 Å². The minimum Gasteiger partial charge on any atom is -0.387 e. The number of thiazole rings is 1. The lowest BCUT2D eigenvalue weighted by Gasteiger charge is -1.93. The van der Waals surface area contributed by atoms with Crippen molar-refractivity contribution in [3.05, 3.63) is 56.0 Å². The number of hydrogen-bond donors (Lipinski definition) is 0. The molecule has 0 unspecified atom stereocenters. The fraction of sp³-hybridized carbons (Fsp3) is 0.0714. The minimum absolute atomic E-state index is 0.314. The van der Waals surface area contributed by atoms with E-state index in [-0.39, 0.29) is 0 Å². The summed E-state index contributed by atoms with van der Waals surface area (Å²) in [5.41, 5.74) is 1.91. The van der Waals surface area contributed by atoms with Crippen molar-refractivity contribution in [2.24, 2.45) is 0 Å². The lowest BCUT2D eigenvalue weighted by atomic mass is 10.3. The highest BCUT2D eigenvalue weighted by Gasteiger charge is 2.13. The van der Waals surface area contributed by atoms with Crippen molar-refractivity contribution in [2.75, 3.05) is 0 Å². The minimum atomic E-state index is -0.464. The molecule has 5 nitrogen and oxygen atoms in total. The van der Waals surface area contributed by atoms with E-state index in [1.165, 1.54) is 16.0 Å². The molecule has 0 N–H and O–H groups in total. The molecule has 0 saturated heterocycles. The second-order valence-corrected chi connectivity index (χ2v) is 7.05. The van der Waals surface area contributed by atoms with Gasteiger partial charge in [-0.1, -0.05) is 6.07 Å². The van der Waals surface area contributed by atoms with Crippen LogP contribution in [0.2, 0.25) is 0 Å². The average Bonchev–Trinajstić information content (AvgIpc) is 3.28. The van der Waals surface area contributed by atoms with Crippen LogP contribution in [0.5, 0.6) is 0 Å². The van der Waals surface area contributed by atoms with Crippen LogP contribution >= 0.6 is 34.0 Å². The van der Waals surface area contributed by atoms with Gasteiger partial charge in [-0.05, 0) is 22.9 Å². The number of nitrogens with zero attached hydrogens (tertiary/aromatic N) is 3. The smallest absolute Gasteiger partial charge is 0.387 e. The van der Waals surface area contributed by atoms with Gasteiger partial charge >= 0.3 is 5.76 Å². The molecule has 0 aliphatic heterocycles. The van der Waals surface area contributed by atoms with Crippen LogP contribution in [0.15, 0.2) is 48.9 Å². The fourth-order valence-corrected chi connectivity index (χ4v) is 4.13. The lowest BCUT2D eigenvalue weighted by Crippen LogP contribution is -2.16. The Hall–Kier alpha value is -2.03. The Kier molecular flexibility index (Phi) is 3.49. The van der Waals surface area contributed by atoms with Gasteiger partial charge in [0.2, 0.25) is 0 Å². The van der Waals surface area contributed by atoms with Crippen molar-refractivity contribution in [3.63, 3.8) is 0 Å². The predicted octanol–water partition coefficient (Wildman–Crippen LogP) is 3.80. The quantitative estimate of drug-likeness (QED) is 0.563. The summed E-state index contributed by atoms with van der Waals surface area (Å²) >= 11 is 4.68. The van der Waals surface area contributed by atoms with E-state index in [0.717, 1.165) is 21.1 Å². The fourth-order valence-electron chi connectivity index (χ4n) is 1.96. The summed E-state index contributed by atoms with van der Waals surface area (Å²) in [5, 5.41) is 13.1. The first-order chi connectivity index (χ1) is 10.8. The Bertz CT molecular complexity index is 932. The normalized spacial score (nSPS) is 11.1. The van der Waals surface area contributed by atoms with Gasteiger partial charge in [0.15, 0.2) is 0 Å². The van der Waals surface area contributed by atoms with Crippen molar-refractivity contribution < 1.29 is 4.42 Å². The number of hydrogen-bond acceptors (Lipinski definition) is 7. The summed E-state index contributed by atoms with van der Waals surface area (Å²) in [6.07, 6.45) is 0. The summed E-state index contributed by atoms with van der Waals surface area (Å²) in [4.78, 5) is 17.3. The van der Waals surface area contributed by atoms with Gasteiger partial charge < -0.3 is 4.42 Å². The molecular formula is C14H9N3O2S3. The zero-order chi connectivity index (χ0) is 14.9. The van der Waals surface area contributed by atoms with Gasteiger partial charge in [0, 0.05) is 16.3 Å². The van der Waals surface area contributed by atoms with Crippen LogP contribution in [0, 0.1) is 0 Å². The first-order valence-electron chi connectivity index (χ1n) is 6.38. The maximum Gasteiger partial charge on any atom is 0.437 e. The van der Waals surface area contributed by atoms with Crippen LogP contribution in [0.1, 0.15) is 5.69 Å². The molecule has 4 heterocycles. The van der Waals surface area contributed by atoms with E-state index in [2.05, 4.69) is 15.5 Å². The molecule has 4 rings (SSSR count). The van der Waals surface area contributed by atoms with Crippen molar-refractivity contribution >= 4 is 34.0 Å². The topological polar surface area (TPSA) is 60.9 Å². The van der Waals surface area contributed by atoms with Crippen molar-refractivity contribution in [3.8, 4) is 21.3 Å². The molecule has 0 aliphatic rings. The molecule has 0 saturated carbocycles. The largest absolute Gasteiger partial charge is 0.437 e. The van der Waals surface area contributed by atoms with Gasteiger partial charge in [-0.25, -0.2) is 9.78 Å². The molecule has 0 spiro atoms. The third kappa shape index (κ3) is 2.56. The monoisotopic (exact) mass is 347 g/mol. The first-order valence-corrected chi connectivity index (χ1v) is 9.08. The van der Waals surface area contributed by atoms with Gasteiger partial charge in [0.1, 0.15) is 5.01 Å². The number of thiophene rings is 2. The molecule has 4 aromatic heterocycles. The molecule has 4 aromatic rings. The summed E-state index contributed by atoms with van der Waals surface area (Å²) in [5.74, 6) is -0.109. The molecule has 0 aromatic carbocycles. The Morgan fingerprint density at radius 2 is 2.14 bits per heavy atom. The summed E-state index contributed by atoms with van der Waals surface area (Å²) in [6, 6.07) is 5.80. The standard InChI is InChI=1S/C14H9N3O2S3/c18-14-17(16-12(19-14)11-2-1-4-21-11)6-10-8-22-13(15-10)9-3-5-20-7-9/h1-5,7-8H,6H2. The Labute approximate surface area is 137 Å². The lowest BCUT2D eigenvalue weighted by molar-refractivity contribution is 0.494. The highest BCUT2D eigenvalue weighted by atomic mass is 32.1. The van der Waals surface area contributed by atoms with E-state index in [1.54, 1.807) is 22.7 Å². The van der Waals surface area contributed by atoms with E-state index >= 15 is 0 Å². The van der Waals surface area contributed by atoms with E-state index in [0.29, 0.717) is 12.4 Å². The van der Waals surface area contributed by atoms with Crippen molar-refractivity contribution in [1.82, 2.24) is 14.8 Å². The molecule has 8 heteroatoms. The Morgan fingerprint density at radius 1 is 1.18 bits per heavy atom. The van der Waals surface area contributed by atoms with E-state index in [1.807, 2.05) is 34.3 Å². The molecule has 0 fully saturated rings. The number of rotatable bonds is 4. The molecule has 110 valence electrons. The average molecular weight is 347 g/mol. The van der Waals surface area contributed by atoms with E-state index in [9.17, 15) is 4.79 Å². The van der Waals surface area contributed by atoms with Crippen LogP contribution in [0.25, 0.3) is 21.3 Å². The molecule has 0 amide bonds.